The summed E-state index contributed by atoms with van der Waals surface area (Å²) in [5.74, 6) is 1.66. The van der Waals surface area contributed by atoms with Crippen LogP contribution in [0.15, 0.2) is 66.9 Å². The van der Waals surface area contributed by atoms with E-state index in [4.69, 9.17) is 18.9 Å². The molecule has 0 aromatic heterocycles. The SMILES string of the molecule is COc1cc(C=Cc2cc(O)c(OC)c(NC=CC(=O)c3ccccc3)c2)cc(OC)c1OC. The highest BCUT2D eigenvalue weighted by atomic mass is 16.5. The lowest BCUT2D eigenvalue weighted by Crippen LogP contribution is -1.98. The molecule has 0 radical (unpaired) electrons. The summed E-state index contributed by atoms with van der Waals surface area (Å²) in [7, 11) is 6.12. The van der Waals surface area contributed by atoms with E-state index in [1.165, 1.54) is 19.4 Å². The first-order chi connectivity index (χ1) is 16.5. The van der Waals surface area contributed by atoms with Gasteiger partial charge in [0.2, 0.25) is 5.75 Å². The monoisotopic (exact) mass is 461 g/mol. The van der Waals surface area contributed by atoms with E-state index in [9.17, 15) is 9.90 Å². The topological polar surface area (TPSA) is 86.2 Å². The molecular weight excluding hydrogens is 434 g/mol. The molecule has 0 bridgehead atoms. The molecule has 0 aliphatic rings. The van der Waals surface area contributed by atoms with Gasteiger partial charge in [0.05, 0.1) is 34.1 Å². The van der Waals surface area contributed by atoms with Gasteiger partial charge in [0.15, 0.2) is 28.8 Å². The summed E-state index contributed by atoms with van der Waals surface area (Å²) < 4.78 is 21.5. The quantitative estimate of drug-likeness (QED) is 0.237. The standard InChI is InChI=1S/C27H27NO6/c1-31-24-16-19(17-25(32-2)27(24)34-4)11-10-18-14-21(26(33-3)23(30)15-18)28-13-12-22(29)20-8-6-5-7-9-20/h5-17,28,30H,1-4H3. The van der Waals surface area contributed by atoms with Crippen LogP contribution in [0.1, 0.15) is 21.5 Å². The Morgan fingerprint density at radius 1 is 0.794 bits per heavy atom. The Kier molecular flexibility index (Phi) is 8.18. The molecule has 0 unspecified atom stereocenters. The highest BCUT2D eigenvalue weighted by Gasteiger charge is 2.13. The molecule has 176 valence electrons. The van der Waals surface area contributed by atoms with Gasteiger partial charge < -0.3 is 29.4 Å². The second-order valence-corrected chi connectivity index (χ2v) is 7.12. The fraction of sp³-hybridized carbons (Fsp3) is 0.148. The molecule has 0 saturated heterocycles. The molecule has 34 heavy (non-hydrogen) atoms. The summed E-state index contributed by atoms with van der Waals surface area (Å²) >= 11 is 0. The molecule has 0 atom stereocenters. The molecule has 0 saturated carbocycles. The third kappa shape index (κ3) is 5.69. The number of nitrogens with one attached hydrogen (secondary N) is 1. The maximum absolute atomic E-state index is 12.3. The van der Waals surface area contributed by atoms with Crippen molar-refractivity contribution in [2.45, 2.75) is 0 Å². The molecule has 7 heteroatoms. The van der Waals surface area contributed by atoms with E-state index in [0.29, 0.717) is 34.1 Å². The van der Waals surface area contributed by atoms with Gasteiger partial charge in [-0.05, 0) is 35.4 Å². The van der Waals surface area contributed by atoms with Gasteiger partial charge in [-0.1, -0.05) is 42.5 Å². The molecule has 0 amide bonds. The van der Waals surface area contributed by atoms with E-state index in [1.54, 1.807) is 57.7 Å². The van der Waals surface area contributed by atoms with Crippen molar-refractivity contribution in [2.24, 2.45) is 0 Å². The lowest BCUT2D eigenvalue weighted by molar-refractivity contribution is 0.104. The molecule has 3 aromatic carbocycles. The van der Waals surface area contributed by atoms with Crippen LogP contribution >= 0.6 is 0 Å². The van der Waals surface area contributed by atoms with Crippen molar-refractivity contribution in [3.8, 4) is 28.7 Å². The summed E-state index contributed by atoms with van der Waals surface area (Å²) in [6, 6.07) is 16.0. The van der Waals surface area contributed by atoms with Gasteiger partial charge in [0.1, 0.15) is 0 Å². The number of rotatable bonds is 10. The largest absolute Gasteiger partial charge is 0.504 e. The van der Waals surface area contributed by atoms with Gasteiger partial charge in [0, 0.05) is 17.8 Å². The summed E-state index contributed by atoms with van der Waals surface area (Å²) in [6.45, 7) is 0. The number of benzene rings is 3. The predicted octanol–water partition coefficient (Wildman–Crippen LogP) is 5.41. The molecule has 3 rings (SSSR count). The summed E-state index contributed by atoms with van der Waals surface area (Å²) in [6.07, 6.45) is 6.61. The first kappa shape index (κ1) is 24.3. The average molecular weight is 462 g/mol. The molecule has 7 nitrogen and oxygen atoms in total. The fourth-order valence-electron chi connectivity index (χ4n) is 3.35. The molecule has 0 aliphatic carbocycles. The fourth-order valence-corrected chi connectivity index (χ4v) is 3.35. The molecule has 0 spiro atoms. The number of anilines is 1. The minimum Gasteiger partial charge on any atom is -0.504 e. The van der Waals surface area contributed by atoms with Gasteiger partial charge in [-0.25, -0.2) is 0 Å². The van der Waals surface area contributed by atoms with E-state index in [1.807, 2.05) is 30.4 Å². The van der Waals surface area contributed by atoms with Crippen molar-refractivity contribution in [3.63, 3.8) is 0 Å². The van der Waals surface area contributed by atoms with Crippen LogP contribution in [0.4, 0.5) is 5.69 Å². The number of phenolic OH excluding ortho intramolecular Hbond substituents is 1. The summed E-state index contributed by atoms with van der Waals surface area (Å²) in [5, 5.41) is 13.5. The second kappa shape index (κ2) is 11.5. The highest BCUT2D eigenvalue weighted by Crippen LogP contribution is 2.39. The lowest BCUT2D eigenvalue weighted by atomic mass is 10.1. The maximum atomic E-state index is 12.3. The smallest absolute Gasteiger partial charge is 0.203 e. The number of hydrogen-bond donors (Lipinski definition) is 2. The zero-order valence-electron chi connectivity index (χ0n) is 19.5. The van der Waals surface area contributed by atoms with Gasteiger partial charge >= 0.3 is 0 Å². The van der Waals surface area contributed by atoms with Crippen molar-refractivity contribution < 1.29 is 28.8 Å². The van der Waals surface area contributed by atoms with E-state index < -0.39 is 0 Å². The van der Waals surface area contributed by atoms with Crippen LogP contribution < -0.4 is 24.3 Å². The number of allylic oxidation sites excluding steroid dienone is 1. The van der Waals surface area contributed by atoms with E-state index in [2.05, 4.69) is 5.32 Å². The normalized spacial score (nSPS) is 10.9. The Bertz CT molecular complexity index is 1180. The van der Waals surface area contributed by atoms with Gasteiger partial charge in [-0.2, -0.15) is 0 Å². The minimum absolute atomic E-state index is 0.0418. The number of carbonyl (C=O) groups is 1. The number of phenols is 1. The van der Waals surface area contributed by atoms with Gasteiger partial charge in [-0.3, -0.25) is 4.79 Å². The first-order valence-corrected chi connectivity index (χ1v) is 10.4. The molecule has 2 N–H and O–H groups in total. The number of ether oxygens (including phenoxy) is 4. The Hall–Kier alpha value is -4.39. The third-order valence-corrected chi connectivity index (χ3v) is 4.98. The highest BCUT2D eigenvalue weighted by molar-refractivity contribution is 6.04. The van der Waals surface area contributed by atoms with Crippen molar-refractivity contribution in [3.05, 3.63) is 83.6 Å². The van der Waals surface area contributed by atoms with Crippen LogP contribution in [0.5, 0.6) is 28.7 Å². The Labute approximate surface area is 198 Å². The number of hydrogen-bond acceptors (Lipinski definition) is 7. The summed E-state index contributed by atoms with van der Waals surface area (Å²) in [4.78, 5) is 12.3. The third-order valence-electron chi connectivity index (χ3n) is 4.98. The van der Waals surface area contributed by atoms with Gasteiger partial charge in [-0.15, -0.1) is 0 Å². The second-order valence-electron chi connectivity index (χ2n) is 7.12. The van der Waals surface area contributed by atoms with Crippen LogP contribution in [0.3, 0.4) is 0 Å². The van der Waals surface area contributed by atoms with Crippen LogP contribution in [0.25, 0.3) is 12.2 Å². The van der Waals surface area contributed by atoms with Crippen molar-refractivity contribution in [1.82, 2.24) is 0 Å². The zero-order chi connectivity index (χ0) is 24.5. The van der Waals surface area contributed by atoms with Gasteiger partial charge in [0.25, 0.3) is 0 Å². The Morgan fingerprint density at radius 2 is 1.38 bits per heavy atom. The summed E-state index contributed by atoms with van der Waals surface area (Å²) in [5.41, 5.74) is 2.60. The van der Waals surface area contributed by atoms with Crippen LogP contribution in [0.2, 0.25) is 0 Å². The number of aromatic hydroxyl groups is 1. The molecule has 0 fully saturated rings. The molecule has 0 heterocycles. The van der Waals surface area contributed by atoms with Crippen molar-refractivity contribution in [2.75, 3.05) is 33.8 Å². The molecular formula is C27H27NO6. The average Bonchev–Trinajstić information content (AvgIpc) is 2.87. The van der Waals surface area contributed by atoms with Crippen molar-refractivity contribution in [1.29, 1.82) is 0 Å². The van der Waals surface area contributed by atoms with Crippen molar-refractivity contribution >= 4 is 23.6 Å². The lowest BCUT2D eigenvalue weighted by Gasteiger charge is -2.13. The number of carbonyl (C=O) groups excluding carboxylic acids is 1. The Balaban J connectivity index is 1.86. The minimum atomic E-state index is -0.144. The Morgan fingerprint density at radius 3 is 1.94 bits per heavy atom. The zero-order valence-corrected chi connectivity index (χ0v) is 19.5. The van der Waals surface area contributed by atoms with Crippen LogP contribution in [-0.4, -0.2) is 39.3 Å². The molecule has 3 aromatic rings. The predicted molar refractivity (Wildman–Crippen MR) is 133 cm³/mol. The maximum Gasteiger partial charge on any atom is 0.203 e. The van der Waals surface area contributed by atoms with Crippen LogP contribution in [0, 0.1) is 0 Å². The first-order valence-electron chi connectivity index (χ1n) is 10.4. The van der Waals surface area contributed by atoms with E-state index in [-0.39, 0.29) is 17.3 Å². The van der Waals surface area contributed by atoms with Crippen LogP contribution in [-0.2, 0) is 0 Å². The number of methoxy groups -OCH3 is 4. The van der Waals surface area contributed by atoms with E-state index in [0.717, 1.165) is 5.56 Å². The van der Waals surface area contributed by atoms with E-state index >= 15 is 0 Å². The molecule has 0 aliphatic heterocycles. The number of ketones is 1.